The lowest BCUT2D eigenvalue weighted by atomic mass is 10.1. The van der Waals surface area contributed by atoms with Gasteiger partial charge < -0.3 is 14.2 Å². The summed E-state index contributed by atoms with van der Waals surface area (Å²) in [5.41, 5.74) is 1.89. The third-order valence-electron chi connectivity index (χ3n) is 4.22. The molecule has 2 atom stereocenters. The van der Waals surface area contributed by atoms with E-state index in [-0.39, 0.29) is 18.7 Å². The lowest BCUT2D eigenvalue weighted by Crippen LogP contribution is -2.30. The minimum atomic E-state index is -0.589. The second-order valence-corrected chi connectivity index (χ2v) is 6.19. The molecule has 25 heavy (non-hydrogen) atoms. The molecule has 6 nitrogen and oxygen atoms in total. The maximum atomic E-state index is 12.0. The van der Waals surface area contributed by atoms with Crippen LogP contribution in [0.2, 0.25) is 0 Å². The molecule has 2 unspecified atom stereocenters. The van der Waals surface area contributed by atoms with E-state index in [1.165, 1.54) is 0 Å². The summed E-state index contributed by atoms with van der Waals surface area (Å²) in [6.45, 7) is 3.16. The Morgan fingerprint density at radius 3 is 2.88 bits per heavy atom. The zero-order valence-electron chi connectivity index (χ0n) is 14.5. The summed E-state index contributed by atoms with van der Waals surface area (Å²) >= 11 is 0. The molecule has 0 radical (unpaired) electrons. The summed E-state index contributed by atoms with van der Waals surface area (Å²) in [4.78, 5) is 12.0. The molecule has 0 amide bonds. The van der Waals surface area contributed by atoms with Crippen LogP contribution in [-0.2, 0) is 25.6 Å². The highest BCUT2D eigenvalue weighted by molar-refractivity contribution is 5.74. The Morgan fingerprint density at radius 1 is 1.36 bits per heavy atom. The molecule has 1 saturated heterocycles. The van der Waals surface area contributed by atoms with Crippen molar-refractivity contribution in [3.8, 4) is 5.69 Å². The van der Waals surface area contributed by atoms with E-state index >= 15 is 0 Å². The molecule has 134 valence electrons. The van der Waals surface area contributed by atoms with Crippen LogP contribution in [0.4, 0.5) is 0 Å². The van der Waals surface area contributed by atoms with E-state index in [0.717, 1.165) is 37.1 Å². The average Bonchev–Trinajstić information content (AvgIpc) is 3.20. The van der Waals surface area contributed by atoms with Crippen molar-refractivity contribution in [3.05, 3.63) is 48.3 Å². The Bertz CT molecular complexity index is 649. The Labute approximate surface area is 147 Å². The molecule has 1 aliphatic heterocycles. The highest BCUT2D eigenvalue weighted by atomic mass is 16.6. The van der Waals surface area contributed by atoms with Crippen LogP contribution in [0, 0.1) is 0 Å². The maximum Gasteiger partial charge on any atom is 0.335 e. The summed E-state index contributed by atoms with van der Waals surface area (Å²) in [5, 5.41) is 4.18. The lowest BCUT2D eigenvalue weighted by Gasteiger charge is -2.23. The van der Waals surface area contributed by atoms with Crippen LogP contribution in [0.3, 0.4) is 0 Å². The number of carbonyl (C=O) groups excluding carboxylic acids is 1. The fourth-order valence-corrected chi connectivity index (χ4v) is 2.70. The first kappa shape index (κ1) is 17.6. The molecule has 1 fully saturated rings. The van der Waals surface area contributed by atoms with E-state index < -0.39 is 6.10 Å². The van der Waals surface area contributed by atoms with Gasteiger partial charge in [0.15, 0.2) is 6.10 Å². The van der Waals surface area contributed by atoms with Gasteiger partial charge in [-0.3, -0.25) is 0 Å². The van der Waals surface area contributed by atoms with Gasteiger partial charge in [0.1, 0.15) is 6.61 Å². The maximum absolute atomic E-state index is 12.0. The summed E-state index contributed by atoms with van der Waals surface area (Å²) in [7, 11) is 0. The molecule has 1 aromatic heterocycles. The summed E-state index contributed by atoms with van der Waals surface area (Å²) in [5.74, 6) is -0.355. The Kier molecular flexibility index (Phi) is 6.19. The van der Waals surface area contributed by atoms with Crippen LogP contribution >= 0.6 is 0 Å². The standard InChI is InChI=1S/C19H24N2O4/c1-15(24-14-18-5-2-3-12-23-18)19(22)25-13-16-6-8-17(9-7-16)21-11-4-10-20-21/h4,6-11,15,18H,2-3,5,12-14H2,1H3. The highest BCUT2D eigenvalue weighted by Gasteiger charge is 2.19. The predicted octanol–water partition coefficient (Wildman–Crippen LogP) is 2.89. The first-order chi connectivity index (χ1) is 12.2. The fourth-order valence-electron chi connectivity index (χ4n) is 2.70. The van der Waals surface area contributed by atoms with Crippen molar-refractivity contribution < 1.29 is 19.0 Å². The minimum absolute atomic E-state index is 0.0961. The van der Waals surface area contributed by atoms with Gasteiger partial charge in [-0.1, -0.05) is 12.1 Å². The van der Waals surface area contributed by atoms with Crippen molar-refractivity contribution in [2.75, 3.05) is 13.2 Å². The number of hydrogen-bond acceptors (Lipinski definition) is 5. The van der Waals surface area contributed by atoms with E-state index in [1.54, 1.807) is 17.8 Å². The summed E-state index contributed by atoms with van der Waals surface area (Å²) < 4.78 is 18.3. The fraction of sp³-hybridized carbons (Fsp3) is 0.474. The van der Waals surface area contributed by atoms with E-state index in [0.29, 0.717) is 6.61 Å². The molecule has 0 bridgehead atoms. The van der Waals surface area contributed by atoms with Crippen LogP contribution in [0.15, 0.2) is 42.7 Å². The monoisotopic (exact) mass is 344 g/mol. The molecule has 0 N–H and O–H groups in total. The normalized spacial score (nSPS) is 18.7. The largest absolute Gasteiger partial charge is 0.459 e. The zero-order valence-corrected chi connectivity index (χ0v) is 14.5. The van der Waals surface area contributed by atoms with Crippen molar-refractivity contribution in [2.45, 2.75) is 45.0 Å². The Morgan fingerprint density at radius 2 is 2.20 bits per heavy atom. The predicted molar refractivity (Wildman–Crippen MR) is 92.4 cm³/mol. The second kappa shape index (κ2) is 8.78. The molecule has 0 spiro atoms. The molecule has 2 heterocycles. The van der Waals surface area contributed by atoms with Gasteiger partial charge >= 0.3 is 5.97 Å². The van der Waals surface area contributed by atoms with Crippen molar-refractivity contribution in [2.24, 2.45) is 0 Å². The van der Waals surface area contributed by atoms with E-state index in [1.807, 2.05) is 36.5 Å². The number of carbonyl (C=O) groups is 1. The minimum Gasteiger partial charge on any atom is -0.459 e. The lowest BCUT2D eigenvalue weighted by molar-refractivity contribution is -0.160. The van der Waals surface area contributed by atoms with Crippen LogP contribution in [-0.4, -0.2) is 41.2 Å². The van der Waals surface area contributed by atoms with Crippen LogP contribution in [0.25, 0.3) is 5.69 Å². The number of esters is 1. The number of rotatable bonds is 7. The van der Waals surface area contributed by atoms with Gasteiger partial charge in [-0.05, 0) is 49.9 Å². The molecule has 0 aliphatic carbocycles. The van der Waals surface area contributed by atoms with Crippen molar-refractivity contribution in [3.63, 3.8) is 0 Å². The number of nitrogens with zero attached hydrogens (tertiary/aromatic N) is 2. The van der Waals surface area contributed by atoms with Gasteiger partial charge in [0, 0.05) is 19.0 Å². The third-order valence-corrected chi connectivity index (χ3v) is 4.22. The van der Waals surface area contributed by atoms with Crippen molar-refractivity contribution in [1.82, 2.24) is 9.78 Å². The molecule has 2 aromatic rings. The van der Waals surface area contributed by atoms with Gasteiger partial charge in [-0.25, -0.2) is 9.48 Å². The number of hydrogen-bond donors (Lipinski definition) is 0. The van der Waals surface area contributed by atoms with Crippen LogP contribution in [0.5, 0.6) is 0 Å². The number of aromatic nitrogens is 2. The molecular weight excluding hydrogens is 320 g/mol. The van der Waals surface area contributed by atoms with Gasteiger partial charge in [-0.2, -0.15) is 5.10 Å². The number of ether oxygens (including phenoxy) is 3. The molecule has 1 aromatic carbocycles. The highest BCUT2D eigenvalue weighted by Crippen LogP contribution is 2.14. The first-order valence-electron chi connectivity index (χ1n) is 8.71. The van der Waals surface area contributed by atoms with Crippen molar-refractivity contribution >= 4 is 5.97 Å². The van der Waals surface area contributed by atoms with Crippen LogP contribution in [0.1, 0.15) is 31.7 Å². The van der Waals surface area contributed by atoms with Gasteiger partial charge in [-0.15, -0.1) is 0 Å². The molecule has 1 aliphatic rings. The van der Waals surface area contributed by atoms with E-state index in [4.69, 9.17) is 14.2 Å². The summed E-state index contributed by atoms with van der Waals surface area (Å²) in [6.07, 6.45) is 6.37. The zero-order chi connectivity index (χ0) is 17.5. The molecule has 6 heteroatoms. The number of benzene rings is 1. The molecule has 0 saturated carbocycles. The Hall–Kier alpha value is -2.18. The van der Waals surface area contributed by atoms with Gasteiger partial charge in [0.25, 0.3) is 0 Å². The summed E-state index contributed by atoms with van der Waals surface area (Å²) in [6, 6.07) is 9.60. The SMILES string of the molecule is CC(OCC1CCCCO1)C(=O)OCc1ccc(-n2cccn2)cc1. The van der Waals surface area contributed by atoms with E-state index in [2.05, 4.69) is 5.10 Å². The smallest absolute Gasteiger partial charge is 0.335 e. The topological polar surface area (TPSA) is 62.6 Å². The second-order valence-electron chi connectivity index (χ2n) is 6.19. The average molecular weight is 344 g/mol. The molecule has 3 rings (SSSR count). The van der Waals surface area contributed by atoms with E-state index in [9.17, 15) is 4.79 Å². The quantitative estimate of drug-likeness (QED) is 0.723. The van der Waals surface area contributed by atoms with Gasteiger partial charge in [0.05, 0.1) is 18.4 Å². The first-order valence-corrected chi connectivity index (χ1v) is 8.71. The third kappa shape index (κ3) is 5.14. The molecular formula is C19H24N2O4. The van der Waals surface area contributed by atoms with Crippen molar-refractivity contribution in [1.29, 1.82) is 0 Å². The van der Waals surface area contributed by atoms with Gasteiger partial charge in [0.2, 0.25) is 0 Å². The Balaban J connectivity index is 1.41. The van der Waals surface area contributed by atoms with Crippen LogP contribution < -0.4 is 0 Å².